The molecule has 4 heteroatoms. The Balaban J connectivity index is 1.61. The van der Waals surface area contributed by atoms with Crippen molar-refractivity contribution in [3.8, 4) is 6.07 Å². The van der Waals surface area contributed by atoms with Crippen LogP contribution in [0.5, 0.6) is 0 Å². The monoisotopic (exact) mass is 428 g/mol. The van der Waals surface area contributed by atoms with Gasteiger partial charge in [0.1, 0.15) is 6.29 Å². The van der Waals surface area contributed by atoms with E-state index in [1.807, 2.05) is 0 Å². The van der Waals surface area contributed by atoms with Gasteiger partial charge in [0.15, 0.2) is 0 Å². The molecule has 4 nitrogen and oxygen atoms in total. The Morgan fingerprint density at radius 3 is 2.48 bits per heavy atom. The molecule has 0 radical (unpaired) electrons. The number of fused-ring (bicyclic) bond motifs is 5. The first-order valence-electron chi connectivity index (χ1n) is 13.0. The second-order valence-corrected chi connectivity index (χ2v) is 12.3. The van der Waals surface area contributed by atoms with Crippen LogP contribution >= 0.6 is 0 Å². The molecule has 0 saturated heterocycles. The van der Waals surface area contributed by atoms with Gasteiger partial charge in [-0.2, -0.15) is 5.26 Å². The maximum atomic E-state index is 12.5. The lowest BCUT2D eigenvalue weighted by molar-refractivity contribution is -0.239. The molecule has 0 spiro atoms. The van der Waals surface area contributed by atoms with Gasteiger partial charge < -0.3 is 15.2 Å². The molecule has 9 unspecified atom stereocenters. The summed E-state index contributed by atoms with van der Waals surface area (Å²) in [6, 6.07) is 3.67. The van der Waals surface area contributed by atoms with Crippen LogP contribution in [0, 0.1) is 51.8 Å². The molecule has 31 heavy (non-hydrogen) atoms. The minimum Gasteiger partial charge on any atom is -0.388 e. The fourth-order valence-corrected chi connectivity index (χ4v) is 9.14. The van der Waals surface area contributed by atoms with Gasteiger partial charge in [-0.15, -0.1) is 0 Å². The third-order valence-electron chi connectivity index (χ3n) is 10.6. The highest BCUT2D eigenvalue weighted by Gasteiger charge is 2.69. The molecule has 0 bridgehead atoms. The number of aldehydes is 1. The average molecular weight is 429 g/mol. The summed E-state index contributed by atoms with van der Waals surface area (Å²) in [5, 5.41) is 26.5. The highest BCUT2D eigenvalue weighted by Crippen LogP contribution is 2.70. The van der Waals surface area contributed by atoms with Gasteiger partial charge in [0, 0.05) is 18.5 Å². The zero-order valence-corrected chi connectivity index (χ0v) is 20.2. The number of carbonyl (C=O) groups is 1. The van der Waals surface area contributed by atoms with Crippen LogP contribution in [0.2, 0.25) is 0 Å². The van der Waals surface area contributed by atoms with E-state index >= 15 is 0 Å². The fraction of sp³-hybridized carbons (Fsp3) is 0.926. The first kappa shape index (κ1) is 23.2. The molecular weight excluding hydrogens is 384 g/mol. The highest BCUT2D eigenvalue weighted by atomic mass is 16.3. The van der Waals surface area contributed by atoms with Gasteiger partial charge in [0.05, 0.1) is 17.6 Å². The summed E-state index contributed by atoms with van der Waals surface area (Å²) in [5.41, 5.74) is -0.582. The lowest BCUT2D eigenvalue weighted by atomic mass is 9.40. The third kappa shape index (κ3) is 3.59. The maximum Gasteiger partial charge on any atom is 0.119 e. The van der Waals surface area contributed by atoms with Gasteiger partial charge in [-0.3, -0.25) is 0 Å². The van der Waals surface area contributed by atoms with Gasteiger partial charge in [-0.25, -0.2) is 0 Å². The zero-order chi connectivity index (χ0) is 22.4. The van der Waals surface area contributed by atoms with Crippen molar-refractivity contribution in [2.45, 2.75) is 116 Å². The molecule has 0 aliphatic heterocycles. The fourth-order valence-electron chi connectivity index (χ4n) is 9.14. The van der Waals surface area contributed by atoms with E-state index in [4.69, 9.17) is 0 Å². The Morgan fingerprint density at radius 1 is 1.10 bits per heavy atom. The summed E-state index contributed by atoms with van der Waals surface area (Å²) in [6.07, 6.45) is 12.5. The molecule has 4 fully saturated rings. The van der Waals surface area contributed by atoms with E-state index in [1.54, 1.807) is 0 Å². The maximum absolute atomic E-state index is 12.5. The first-order valence-corrected chi connectivity index (χ1v) is 13.0. The zero-order valence-electron chi connectivity index (χ0n) is 20.2. The van der Waals surface area contributed by atoms with Gasteiger partial charge in [0.2, 0.25) is 0 Å². The normalized spacial score (nSPS) is 49.1. The predicted octanol–water partition coefficient (Wildman–Crippen LogP) is 5.25. The van der Waals surface area contributed by atoms with Gasteiger partial charge in [0.25, 0.3) is 0 Å². The molecule has 0 amide bonds. The Bertz CT molecular complexity index is 717. The van der Waals surface area contributed by atoms with E-state index in [0.29, 0.717) is 30.3 Å². The van der Waals surface area contributed by atoms with Crippen molar-refractivity contribution in [3.63, 3.8) is 0 Å². The van der Waals surface area contributed by atoms with E-state index in [-0.39, 0.29) is 28.6 Å². The molecule has 4 aliphatic rings. The van der Waals surface area contributed by atoms with E-state index in [1.165, 1.54) is 19.3 Å². The topological polar surface area (TPSA) is 73.1 Å². The molecule has 0 aromatic heterocycles. The summed E-state index contributed by atoms with van der Waals surface area (Å²) >= 11 is 0. The lowest BCUT2D eigenvalue weighted by Gasteiger charge is -2.66. The summed E-state index contributed by atoms with van der Waals surface area (Å²) < 4.78 is 0. The molecule has 4 aliphatic carbocycles. The van der Waals surface area contributed by atoms with Gasteiger partial charge in [-0.1, -0.05) is 27.7 Å². The molecule has 0 heterocycles. The quantitative estimate of drug-likeness (QED) is 0.448. The lowest BCUT2D eigenvalue weighted by Crippen LogP contribution is -2.67. The molecule has 2 N–H and O–H groups in total. The molecule has 4 saturated carbocycles. The van der Waals surface area contributed by atoms with E-state index < -0.39 is 5.60 Å². The van der Waals surface area contributed by atoms with Crippen LogP contribution in [0.15, 0.2) is 0 Å². The molecule has 4 rings (SSSR count). The molecule has 174 valence electrons. The van der Waals surface area contributed by atoms with Crippen LogP contribution in [0.3, 0.4) is 0 Å². The first-order chi connectivity index (χ1) is 14.7. The highest BCUT2D eigenvalue weighted by molar-refractivity contribution is 5.48. The van der Waals surface area contributed by atoms with Crippen molar-refractivity contribution < 1.29 is 9.90 Å². The van der Waals surface area contributed by atoms with Crippen LogP contribution < -0.4 is 5.32 Å². The van der Waals surface area contributed by atoms with Crippen molar-refractivity contribution >= 4 is 6.29 Å². The SMILES string of the molecule is CC(C)NC1CCC2(C)C(C1)CC(C#N)C1(O)C3CCC(CCCC=O)C3(C)CCC21. The summed E-state index contributed by atoms with van der Waals surface area (Å²) in [7, 11) is 0. The number of nitriles is 1. The van der Waals surface area contributed by atoms with Crippen LogP contribution in [0.4, 0.5) is 0 Å². The Kier molecular flexibility index (Phi) is 6.34. The molecular formula is C27H44N2O2. The smallest absolute Gasteiger partial charge is 0.119 e. The second-order valence-electron chi connectivity index (χ2n) is 12.3. The third-order valence-corrected chi connectivity index (χ3v) is 10.6. The second kappa shape index (κ2) is 8.45. The molecule has 0 aromatic rings. The minimum absolute atomic E-state index is 0.114. The standard InChI is InChI=1S/C27H44N2O2/c1-18(2)29-22-10-12-26(4)20(16-22)15-21(17-28)27(31)23-9-8-19(7-5-6-14-30)25(23,3)13-11-24(26)27/h14,18-24,29,31H,5-13,15-16H2,1-4H3. The minimum atomic E-state index is -0.843. The number of hydrogen-bond acceptors (Lipinski definition) is 4. The van der Waals surface area contributed by atoms with E-state index in [9.17, 15) is 15.2 Å². The number of aliphatic hydroxyl groups is 1. The largest absolute Gasteiger partial charge is 0.388 e. The van der Waals surface area contributed by atoms with Crippen LogP contribution in [-0.4, -0.2) is 29.1 Å². The van der Waals surface area contributed by atoms with Crippen molar-refractivity contribution in [1.82, 2.24) is 5.32 Å². The summed E-state index contributed by atoms with van der Waals surface area (Å²) in [5.74, 6) is 1.34. The van der Waals surface area contributed by atoms with Crippen molar-refractivity contribution in [2.24, 2.45) is 40.4 Å². The van der Waals surface area contributed by atoms with Gasteiger partial charge >= 0.3 is 0 Å². The Morgan fingerprint density at radius 2 is 1.81 bits per heavy atom. The molecule has 0 aromatic carbocycles. The van der Waals surface area contributed by atoms with Crippen molar-refractivity contribution in [3.05, 3.63) is 0 Å². The number of unbranched alkanes of at least 4 members (excludes halogenated alkanes) is 1. The van der Waals surface area contributed by atoms with Crippen LogP contribution in [-0.2, 0) is 4.79 Å². The number of hydrogen-bond donors (Lipinski definition) is 2. The van der Waals surface area contributed by atoms with Crippen LogP contribution in [0.25, 0.3) is 0 Å². The average Bonchev–Trinajstić information content (AvgIpc) is 3.05. The summed E-state index contributed by atoms with van der Waals surface area (Å²) in [4.78, 5) is 10.8. The van der Waals surface area contributed by atoms with E-state index in [2.05, 4.69) is 39.1 Å². The summed E-state index contributed by atoms with van der Waals surface area (Å²) in [6.45, 7) is 9.29. The predicted molar refractivity (Wildman–Crippen MR) is 123 cm³/mol. The Hall–Kier alpha value is -0.920. The number of nitrogens with zero attached hydrogens (tertiary/aromatic N) is 1. The van der Waals surface area contributed by atoms with Crippen molar-refractivity contribution in [1.29, 1.82) is 5.26 Å². The van der Waals surface area contributed by atoms with Gasteiger partial charge in [-0.05, 0) is 98.7 Å². The van der Waals surface area contributed by atoms with Crippen LogP contribution in [0.1, 0.15) is 98.3 Å². The number of carbonyl (C=O) groups excluding carboxylic acids is 1. The molecule has 9 atom stereocenters. The number of nitrogens with one attached hydrogen (secondary N) is 1. The van der Waals surface area contributed by atoms with Crippen molar-refractivity contribution in [2.75, 3.05) is 0 Å². The Labute approximate surface area is 189 Å². The number of rotatable bonds is 6. The van der Waals surface area contributed by atoms with E-state index in [0.717, 1.165) is 51.2 Å².